The van der Waals surface area contributed by atoms with Crippen molar-refractivity contribution in [3.05, 3.63) is 0 Å². The second kappa shape index (κ2) is 2.82. The van der Waals surface area contributed by atoms with E-state index in [1.807, 2.05) is 7.05 Å². The minimum atomic E-state index is 0.695. The van der Waals surface area contributed by atoms with Crippen molar-refractivity contribution in [2.24, 2.45) is 5.92 Å². The Bertz CT molecular complexity index is 101. The van der Waals surface area contributed by atoms with E-state index in [-0.39, 0.29) is 0 Å². The number of carbonyl (C=O) groups is 1. The van der Waals surface area contributed by atoms with Gasteiger partial charge in [-0.15, -0.1) is 0 Å². The molecule has 0 aromatic carbocycles. The minimum absolute atomic E-state index is 0.695. The lowest BCUT2D eigenvalue weighted by Gasteiger charge is -2.29. The first-order valence-electron chi connectivity index (χ1n) is 3.19. The first-order valence-corrected chi connectivity index (χ1v) is 3.19. The fourth-order valence-electron chi connectivity index (χ4n) is 0.928. The average molecular weight is 128 g/mol. The molecular weight excluding hydrogens is 116 g/mol. The number of amides is 1. The SMILES string of the molecule is CN(C=O)CC1CNC1. The lowest BCUT2D eigenvalue weighted by atomic mass is 10.0. The highest BCUT2D eigenvalue weighted by Crippen LogP contribution is 2.02. The Kier molecular flexibility index (Phi) is 2.05. The highest BCUT2D eigenvalue weighted by atomic mass is 16.1. The first-order chi connectivity index (χ1) is 4.33. The van der Waals surface area contributed by atoms with Crippen LogP contribution in [-0.4, -0.2) is 38.0 Å². The maximum Gasteiger partial charge on any atom is 0.209 e. The fourth-order valence-corrected chi connectivity index (χ4v) is 0.928. The van der Waals surface area contributed by atoms with Gasteiger partial charge in [-0.1, -0.05) is 0 Å². The summed E-state index contributed by atoms with van der Waals surface area (Å²) in [5.41, 5.74) is 0. The number of rotatable bonds is 3. The molecule has 1 amide bonds. The van der Waals surface area contributed by atoms with E-state index in [4.69, 9.17) is 0 Å². The van der Waals surface area contributed by atoms with Crippen molar-refractivity contribution < 1.29 is 4.79 Å². The Morgan fingerprint density at radius 3 is 2.78 bits per heavy atom. The van der Waals surface area contributed by atoms with Crippen LogP contribution in [0.25, 0.3) is 0 Å². The number of hydrogen-bond acceptors (Lipinski definition) is 2. The summed E-state index contributed by atoms with van der Waals surface area (Å²) in [4.78, 5) is 11.8. The third-order valence-electron chi connectivity index (χ3n) is 1.59. The molecule has 0 unspecified atom stereocenters. The Morgan fingerprint density at radius 2 is 2.44 bits per heavy atom. The second-order valence-electron chi connectivity index (χ2n) is 2.57. The molecule has 0 aromatic heterocycles. The highest BCUT2D eigenvalue weighted by molar-refractivity contribution is 5.46. The van der Waals surface area contributed by atoms with Crippen LogP contribution in [-0.2, 0) is 4.79 Å². The molecule has 1 rings (SSSR count). The van der Waals surface area contributed by atoms with Gasteiger partial charge in [-0.05, 0) is 0 Å². The molecule has 52 valence electrons. The number of carbonyl (C=O) groups excluding carboxylic acids is 1. The monoisotopic (exact) mass is 128 g/mol. The fraction of sp³-hybridized carbons (Fsp3) is 0.833. The van der Waals surface area contributed by atoms with Gasteiger partial charge in [0.2, 0.25) is 6.41 Å². The van der Waals surface area contributed by atoms with E-state index in [1.54, 1.807) is 4.90 Å². The van der Waals surface area contributed by atoms with E-state index >= 15 is 0 Å². The van der Waals surface area contributed by atoms with Crippen LogP contribution in [0.3, 0.4) is 0 Å². The van der Waals surface area contributed by atoms with Crippen molar-refractivity contribution in [2.45, 2.75) is 0 Å². The molecule has 1 aliphatic rings. The van der Waals surface area contributed by atoms with Gasteiger partial charge in [0.1, 0.15) is 0 Å². The summed E-state index contributed by atoms with van der Waals surface area (Å²) in [6.45, 7) is 3.03. The molecule has 0 saturated carbocycles. The Hall–Kier alpha value is -0.570. The predicted molar refractivity (Wildman–Crippen MR) is 35.1 cm³/mol. The lowest BCUT2D eigenvalue weighted by molar-refractivity contribution is -0.117. The summed E-state index contributed by atoms with van der Waals surface area (Å²) in [6, 6.07) is 0. The minimum Gasteiger partial charge on any atom is -0.348 e. The molecule has 0 spiro atoms. The zero-order valence-electron chi connectivity index (χ0n) is 5.63. The van der Waals surface area contributed by atoms with Gasteiger partial charge in [-0.25, -0.2) is 0 Å². The van der Waals surface area contributed by atoms with Crippen LogP contribution < -0.4 is 5.32 Å². The Morgan fingerprint density at radius 1 is 1.78 bits per heavy atom. The maximum atomic E-state index is 10.1. The predicted octanol–water partition coefficient (Wildman–Crippen LogP) is -0.706. The van der Waals surface area contributed by atoms with E-state index in [0.29, 0.717) is 5.92 Å². The third kappa shape index (κ3) is 1.68. The van der Waals surface area contributed by atoms with Crippen LogP contribution in [0.15, 0.2) is 0 Å². The molecular formula is C6H12N2O. The molecule has 1 saturated heterocycles. The number of hydrogen-bond donors (Lipinski definition) is 1. The van der Waals surface area contributed by atoms with Crippen molar-refractivity contribution in [3.63, 3.8) is 0 Å². The molecule has 0 aliphatic carbocycles. The standard InChI is InChI=1S/C6H12N2O/c1-8(5-9)4-6-2-7-3-6/h5-7H,2-4H2,1H3. The van der Waals surface area contributed by atoms with E-state index < -0.39 is 0 Å². The van der Waals surface area contributed by atoms with E-state index in [9.17, 15) is 4.79 Å². The van der Waals surface area contributed by atoms with Gasteiger partial charge >= 0.3 is 0 Å². The van der Waals surface area contributed by atoms with Crippen molar-refractivity contribution in [1.82, 2.24) is 10.2 Å². The largest absolute Gasteiger partial charge is 0.348 e. The van der Waals surface area contributed by atoms with Gasteiger partial charge in [0.05, 0.1) is 0 Å². The second-order valence-corrected chi connectivity index (χ2v) is 2.57. The molecule has 0 atom stereocenters. The molecule has 1 aliphatic heterocycles. The van der Waals surface area contributed by atoms with Crippen LogP contribution in [0.1, 0.15) is 0 Å². The summed E-state index contributed by atoms with van der Waals surface area (Å²) in [5, 5.41) is 3.15. The summed E-state index contributed by atoms with van der Waals surface area (Å²) in [6.07, 6.45) is 0.873. The Labute approximate surface area is 55.0 Å². The van der Waals surface area contributed by atoms with E-state index in [1.165, 1.54) is 0 Å². The summed E-state index contributed by atoms with van der Waals surface area (Å²) in [7, 11) is 1.81. The summed E-state index contributed by atoms with van der Waals surface area (Å²) >= 11 is 0. The van der Waals surface area contributed by atoms with Crippen molar-refractivity contribution >= 4 is 6.41 Å². The van der Waals surface area contributed by atoms with Gasteiger partial charge in [0, 0.05) is 32.6 Å². The van der Waals surface area contributed by atoms with Crippen LogP contribution >= 0.6 is 0 Å². The smallest absolute Gasteiger partial charge is 0.209 e. The molecule has 1 N–H and O–H groups in total. The van der Waals surface area contributed by atoms with E-state index in [2.05, 4.69) is 5.32 Å². The van der Waals surface area contributed by atoms with E-state index in [0.717, 1.165) is 26.0 Å². The van der Waals surface area contributed by atoms with Crippen LogP contribution in [0, 0.1) is 5.92 Å². The normalized spacial score (nSPS) is 18.8. The third-order valence-corrected chi connectivity index (χ3v) is 1.59. The van der Waals surface area contributed by atoms with Crippen LogP contribution in [0.2, 0.25) is 0 Å². The van der Waals surface area contributed by atoms with Crippen molar-refractivity contribution in [3.8, 4) is 0 Å². The van der Waals surface area contributed by atoms with Gasteiger partial charge in [-0.2, -0.15) is 0 Å². The Balaban J connectivity index is 2.08. The van der Waals surface area contributed by atoms with Crippen LogP contribution in [0.5, 0.6) is 0 Å². The maximum absolute atomic E-state index is 10.1. The summed E-state index contributed by atoms with van der Waals surface area (Å²) in [5.74, 6) is 0.695. The molecule has 1 fully saturated rings. The van der Waals surface area contributed by atoms with Gasteiger partial charge in [-0.3, -0.25) is 4.79 Å². The van der Waals surface area contributed by atoms with Crippen LogP contribution in [0.4, 0.5) is 0 Å². The van der Waals surface area contributed by atoms with Crippen molar-refractivity contribution in [2.75, 3.05) is 26.7 Å². The van der Waals surface area contributed by atoms with Crippen molar-refractivity contribution in [1.29, 1.82) is 0 Å². The number of nitrogens with one attached hydrogen (secondary N) is 1. The summed E-state index contributed by atoms with van der Waals surface area (Å²) < 4.78 is 0. The molecule has 3 nitrogen and oxygen atoms in total. The highest BCUT2D eigenvalue weighted by Gasteiger charge is 2.17. The first kappa shape index (κ1) is 6.55. The zero-order valence-corrected chi connectivity index (χ0v) is 5.63. The molecule has 0 aromatic rings. The molecule has 1 heterocycles. The zero-order chi connectivity index (χ0) is 6.69. The number of nitrogens with zero attached hydrogens (tertiary/aromatic N) is 1. The average Bonchev–Trinajstić information content (AvgIpc) is 1.78. The lowest BCUT2D eigenvalue weighted by Crippen LogP contribution is -2.47. The van der Waals surface area contributed by atoms with Gasteiger partial charge < -0.3 is 10.2 Å². The van der Waals surface area contributed by atoms with Gasteiger partial charge in [0.15, 0.2) is 0 Å². The topological polar surface area (TPSA) is 32.3 Å². The molecule has 9 heavy (non-hydrogen) atoms. The molecule has 0 radical (unpaired) electrons. The molecule has 0 bridgehead atoms. The van der Waals surface area contributed by atoms with Gasteiger partial charge in [0.25, 0.3) is 0 Å². The quantitative estimate of drug-likeness (QED) is 0.509. The molecule has 3 heteroatoms.